The number of allylic oxidation sites excluding steroid dienone is 2. The molecule has 0 amide bonds. The van der Waals surface area contributed by atoms with Gasteiger partial charge in [-0.1, -0.05) is 39.3 Å². The van der Waals surface area contributed by atoms with Gasteiger partial charge in [0.05, 0.1) is 0 Å². The molecular weight excluding hydrogens is 132 g/mol. The maximum absolute atomic E-state index is 2.43. The van der Waals surface area contributed by atoms with Gasteiger partial charge in [0.2, 0.25) is 0 Å². The summed E-state index contributed by atoms with van der Waals surface area (Å²) in [6.45, 7) is 6.97. The second-order valence-electron chi connectivity index (χ2n) is 4.20. The SMILES string of the molecule is CC1C=CC(C(C)C)CCC1. The lowest BCUT2D eigenvalue weighted by molar-refractivity contribution is 0.422. The molecule has 0 radical (unpaired) electrons. The van der Waals surface area contributed by atoms with Crippen LogP contribution < -0.4 is 0 Å². The van der Waals surface area contributed by atoms with Crippen LogP contribution in [-0.4, -0.2) is 0 Å². The molecule has 64 valence electrons. The fourth-order valence-electron chi connectivity index (χ4n) is 1.76. The van der Waals surface area contributed by atoms with Crippen LogP contribution in [0.3, 0.4) is 0 Å². The fraction of sp³-hybridized carbons (Fsp3) is 0.818. The minimum atomic E-state index is 0.818. The summed E-state index contributed by atoms with van der Waals surface area (Å²) in [7, 11) is 0. The standard InChI is InChI=1S/C11H20/c1-9(2)11-6-4-5-10(3)7-8-11/h7-11H,4-6H2,1-3H3. The van der Waals surface area contributed by atoms with E-state index in [1.807, 2.05) is 0 Å². The first-order valence-corrected chi connectivity index (χ1v) is 4.88. The molecule has 2 unspecified atom stereocenters. The molecule has 0 aromatic rings. The third-order valence-corrected chi connectivity index (χ3v) is 2.74. The Morgan fingerprint density at radius 1 is 1.18 bits per heavy atom. The van der Waals surface area contributed by atoms with Crippen LogP contribution in [-0.2, 0) is 0 Å². The molecule has 1 aliphatic rings. The van der Waals surface area contributed by atoms with Gasteiger partial charge in [-0.15, -0.1) is 0 Å². The molecule has 0 aliphatic heterocycles. The van der Waals surface area contributed by atoms with Crippen LogP contribution in [0, 0.1) is 17.8 Å². The highest BCUT2D eigenvalue weighted by molar-refractivity contribution is 4.95. The van der Waals surface area contributed by atoms with Crippen molar-refractivity contribution >= 4 is 0 Å². The summed E-state index contributed by atoms with van der Waals surface area (Å²) < 4.78 is 0. The van der Waals surface area contributed by atoms with Crippen molar-refractivity contribution in [2.45, 2.75) is 40.0 Å². The minimum absolute atomic E-state index is 0.818. The van der Waals surface area contributed by atoms with Gasteiger partial charge in [0.25, 0.3) is 0 Å². The molecule has 0 N–H and O–H groups in total. The Bertz CT molecular complexity index is 133. The second-order valence-corrected chi connectivity index (χ2v) is 4.20. The highest BCUT2D eigenvalue weighted by Crippen LogP contribution is 2.25. The lowest BCUT2D eigenvalue weighted by atomic mass is 9.92. The number of hydrogen-bond acceptors (Lipinski definition) is 0. The second kappa shape index (κ2) is 3.94. The molecule has 0 aromatic carbocycles. The zero-order valence-corrected chi connectivity index (χ0v) is 8.01. The van der Waals surface area contributed by atoms with E-state index in [-0.39, 0.29) is 0 Å². The Hall–Kier alpha value is -0.260. The molecular formula is C11H20. The number of rotatable bonds is 1. The first-order valence-electron chi connectivity index (χ1n) is 4.88. The van der Waals surface area contributed by atoms with E-state index in [9.17, 15) is 0 Å². The Labute approximate surface area is 70.7 Å². The third-order valence-electron chi connectivity index (χ3n) is 2.74. The maximum Gasteiger partial charge on any atom is -0.0210 e. The van der Waals surface area contributed by atoms with Crippen LogP contribution in [0.25, 0.3) is 0 Å². The lowest BCUT2D eigenvalue weighted by Gasteiger charge is -2.14. The van der Waals surface area contributed by atoms with Crippen LogP contribution in [0.4, 0.5) is 0 Å². The van der Waals surface area contributed by atoms with Crippen molar-refractivity contribution in [3.63, 3.8) is 0 Å². The first-order chi connectivity index (χ1) is 5.20. The van der Waals surface area contributed by atoms with Crippen molar-refractivity contribution < 1.29 is 0 Å². The lowest BCUT2D eigenvalue weighted by Crippen LogP contribution is -2.03. The van der Waals surface area contributed by atoms with Crippen molar-refractivity contribution in [2.24, 2.45) is 17.8 Å². The van der Waals surface area contributed by atoms with Gasteiger partial charge in [-0.25, -0.2) is 0 Å². The van der Waals surface area contributed by atoms with Crippen LogP contribution in [0.2, 0.25) is 0 Å². The van der Waals surface area contributed by atoms with Crippen molar-refractivity contribution in [3.8, 4) is 0 Å². The molecule has 2 atom stereocenters. The van der Waals surface area contributed by atoms with Gasteiger partial charge in [-0.3, -0.25) is 0 Å². The van der Waals surface area contributed by atoms with Crippen molar-refractivity contribution in [3.05, 3.63) is 12.2 Å². The van der Waals surface area contributed by atoms with Gasteiger partial charge in [0.1, 0.15) is 0 Å². The summed E-state index contributed by atoms with van der Waals surface area (Å²) in [6, 6.07) is 0. The van der Waals surface area contributed by atoms with Crippen LogP contribution in [0.5, 0.6) is 0 Å². The van der Waals surface area contributed by atoms with Crippen LogP contribution in [0.1, 0.15) is 40.0 Å². The summed E-state index contributed by atoms with van der Waals surface area (Å²) in [5, 5.41) is 0. The van der Waals surface area contributed by atoms with Gasteiger partial charge in [0.15, 0.2) is 0 Å². The van der Waals surface area contributed by atoms with Crippen molar-refractivity contribution in [1.29, 1.82) is 0 Å². The monoisotopic (exact) mass is 152 g/mol. The predicted octanol–water partition coefficient (Wildman–Crippen LogP) is 3.63. The van der Waals surface area contributed by atoms with Crippen LogP contribution in [0.15, 0.2) is 12.2 Å². The average molecular weight is 152 g/mol. The molecule has 1 aliphatic carbocycles. The Balaban J connectivity index is 2.49. The largest absolute Gasteiger partial charge is 0.0854 e. The normalized spacial score (nSPS) is 32.4. The van der Waals surface area contributed by atoms with E-state index in [4.69, 9.17) is 0 Å². The molecule has 0 heterocycles. The number of hydrogen-bond donors (Lipinski definition) is 0. The molecule has 0 bridgehead atoms. The minimum Gasteiger partial charge on any atom is -0.0854 e. The van der Waals surface area contributed by atoms with Crippen molar-refractivity contribution in [1.82, 2.24) is 0 Å². The molecule has 0 saturated heterocycles. The third kappa shape index (κ3) is 2.69. The molecule has 0 spiro atoms. The van der Waals surface area contributed by atoms with Crippen molar-refractivity contribution in [2.75, 3.05) is 0 Å². The topological polar surface area (TPSA) is 0 Å². The Morgan fingerprint density at radius 3 is 2.55 bits per heavy atom. The smallest absolute Gasteiger partial charge is 0.0210 e. The Morgan fingerprint density at radius 2 is 1.91 bits per heavy atom. The summed E-state index contributed by atoms with van der Waals surface area (Å²) in [6.07, 6.45) is 9.04. The van der Waals surface area contributed by atoms with E-state index in [1.165, 1.54) is 19.3 Å². The van der Waals surface area contributed by atoms with Gasteiger partial charge >= 0.3 is 0 Å². The van der Waals surface area contributed by atoms with E-state index in [0.29, 0.717) is 0 Å². The molecule has 0 nitrogen and oxygen atoms in total. The van der Waals surface area contributed by atoms with Gasteiger partial charge < -0.3 is 0 Å². The van der Waals surface area contributed by atoms with E-state index >= 15 is 0 Å². The molecule has 0 fully saturated rings. The van der Waals surface area contributed by atoms with E-state index < -0.39 is 0 Å². The molecule has 0 saturated carbocycles. The summed E-state index contributed by atoms with van der Waals surface area (Å²) in [4.78, 5) is 0. The van der Waals surface area contributed by atoms with E-state index in [2.05, 4.69) is 32.9 Å². The quantitative estimate of drug-likeness (QED) is 0.503. The molecule has 11 heavy (non-hydrogen) atoms. The van der Waals surface area contributed by atoms with Crippen LogP contribution >= 0.6 is 0 Å². The zero-order chi connectivity index (χ0) is 8.27. The average Bonchev–Trinajstić information content (AvgIpc) is 2.13. The highest BCUT2D eigenvalue weighted by atomic mass is 14.2. The zero-order valence-electron chi connectivity index (χ0n) is 8.01. The van der Waals surface area contributed by atoms with Gasteiger partial charge in [-0.05, 0) is 30.6 Å². The summed E-state index contributed by atoms with van der Waals surface area (Å²) >= 11 is 0. The summed E-state index contributed by atoms with van der Waals surface area (Å²) in [5.74, 6) is 2.50. The maximum atomic E-state index is 2.43. The van der Waals surface area contributed by atoms with Gasteiger partial charge in [-0.2, -0.15) is 0 Å². The van der Waals surface area contributed by atoms with E-state index in [0.717, 1.165) is 17.8 Å². The molecule has 1 rings (SSSR count). The highest BCUT2D eigenvalue weighted by Gasteiger charge is 2.13. The fourth-order valence-corrected chi connectivity index (χ4v) is 1.76. The first kappa shape index (κ1) is 8.83. The molecule has 0 aromatic heterocycles. The Kier molecular flexibility index (Phi) is 3.16. The van der Waals surface area contributed by atoms with E-state index in [1.54, 1.807) is 0 Å². The van der Waals surface area contributed by atoms with Gasteiger partial charge in [0, 0.05) is 0 Å². The predicted molar refractivity (Wildman–Crippen MR) is 50.5 cm³/mol. The summed E-state index contributed by atoms with van der Waals surface area (Å²) in [5.41, 5.74) is 0. The molecule has 0 heteroatoms.